The average molecular weight is 295 g/mol. The molecule has 2 atom stereocenters. The van der Waals surface area contributed by atoms with Crippen molar-refractivity contribution in [1.29, 1.82) is 0 Å². The first kappa shape index (κ1) is 17.2. The monoisotopic (exact) mass is 295 g/mol. The number of unbranched alkanes of at least 4 members (excludes halogenated alkanes) is 1. The molecule has 0 fully saturated rings. The van der Waals surface area contributed by atoms with Crippen LogP contribution in [0.1, 0.15) is 56.1 Å². The molecule has 21 heavy (non-hydrogen) atoms. The summed E-state index contributed by atoms with van der Waals surface area (Å²) >= 11 is 0. The summed E-state index contributed by atoms with van der Waals surface area (Å²) in [6.45, 7) is 8.33. The fraction of sp³-hybridized carbons (Fsp3) is 0.667. The van der Waals surface area contributed by atoms with E-state index in [0.717, 1.165) is 19.4 Å². The van der Waals surface area contributed by atoms with Gasteiger partial charge >= 0.3 is 5.97 Å². The Morgan fingerprint density at radius 2 is 2.10 bits per heavy atom. The van der Waals surface area contributed by atoms with Crippen LogP contribution in [0.5, 0.6) is 0 Å². The first-order valence-corrected chi connectivity index (χ1v) is 7.48. The van der Waals surface area contributed by atoms with Gasteiger partial charge in [0.05, 0.1) is 11.3 Å². The van der Waals surface area contributed by atoms with Crippen molar-refractivity contribution in [2.24, 2.45) is 5.92 Å². The van der Waals surface area contributed by atoms with Gasteiger partial charge in [-0.2, -0.15) is 5.10 Å². The zero-order valence-electron chi connectivity index (χ0n) is 13.2. The van der Waals surface area contributed by atoms with Gasteiger partial charge in [0, 0.05) is 12.7 Å². The molecule has 0 spiro atoms. The van der Waals surface area contributed by atoms with Crippen LogP contribution in [-0.4, -0.2) is 32.8 Å². The molecule has 1 aromatic heterocycles. The van der Waals surface area contributed by atoms with Crippen LogP contribution in [0.3, 0.4) is 0 Å². The lowest BCUT2D eigenvalue weighted by Gasteiger charge is -2.19. The topological polar surface area (TPSA) is 84.2 Å². The summed E-state index contributed by atoms with van der Waals surface area (Å²) in [7, 11) is 0. The van der Waals surface area contributed by atoms with E-state index < -0.39 is 12.0 Å². The van der Waals surface area contributed by atoms with Crippen LogP contribution >= 0.6 is 0 Å². The SMILES string of the molecule is CCCCn1cc(C(=O)N[C@H](C(=O)O)[C@@H](C)CC)c(C)n1. The van der Waals surface area contributed by atoms with E-state index >= 15 is 0 Å². The summed E-state index contributed by atoms with van der Waals surface area (Å²) in [6, 6.07) is -0.874. The zero-order valence-corrected chi connectivity index (χ0v) is 13.2. The van der Waals surface area contributed by atoms with Crippen LogP contribution in [0.15, 0.2) is 6.20 Å². The minimum atomic E-state index is -1.01. The lowest BCUT2D eigenvalue weighted by atomic mass is 9.99. The number of carbonyl (C=O) groups is 2. The van der Waals surface area contributed by atoms with E-state index in [2.05, 4.69) is 17.3 Å². The number of carboxylic acid groups (broad SMARTS) is 1. The first-order chi connectivity index (χ1) is 9.90. The highest BCUT2D eigenvalue weighted by molar-refractivity contribution is 5.97. The number of aliphatic carboxylic acids is 1. The Hall–Kier alpha value is -1.85. The van der Waals surface area contributed by atoms with Gasteiger partial charge in [0.2, 0.25) is 0 Å². The summed E-state index contributed by atoms with van der Waals surface area (Å²) in [5.74, 6) is -1.50. The third kappa shape index (κ3) is 4.58. The number of nitrogens with one attached hydrogen (secondary N) is 1. The standard InChI is InChI=1S/C15H25N3O3/c1-5-7-8-18-9-12(11(4)17-18)14(19)16-13(15(20)21)10(3)6-2/h9-10,13H,5-8H2,1-4H3,(H,16,19)(H,20,21)/t10-,13-/m0/s1. The smallest absolute Gasteiger partial charge is 0.326 e. The van der Waals surface area contributed by atoms with E-state index in [1.165, 1.54) is 0 Å². The molecule has 0 radical (unpaired) electrons. The molecular weight excluding hydrogens is 270 g/mol. The van der Waals surface area contributed by atoms with Gasteiger partial charge in [-0.15, -0.1) is 0 Å². The second-order valence-electron chi connectivity index (χ2n) is 5.42. The van der Waals surface area contributed by atoms with Gasteiger partial charge in [-0.1, -0.05) is 33.6 Å². The molecule has 1 heterocycles. The maximum absolute atomic E-state index is 12.3. The van der Waals surface area contributed by atoms with Crippen LogP contribution in [-0.2, 0) is 11.3 Å². The maximum atomic E-state index is 12.3. The number of aryl methyl sites for hydroxylation is 2. The first-order valence-electron chi connectivity index (χ1n) is 7.48. The largest absolute Gasteiger partial charge is 0.480 e. The maximum Gasteiger partial charge on any atom is 0.326 e. The molecule has 0 aliphatic rings. The van der Waals surface area contributed by atoms with E-state index in [-0.39, 0.29) is 11.8 Å². The molecule has 2 N–H and O–H groups in total. The summed E-state index contributed by atoms with van der Waals surface area (Å²) in [5, 5.41) is 16.1. The Morgan fingerprint density at radius 3 is 2.62 bits per heavy atom. The van der Waals surface area contributed by atoms with Gasteiger partial charge < -0.3 is 10.4 Å². The zero-order chi connectivity index (χ0) is 16.0. The lowest BCUT2D eigenvalue weighted by molar-refractivity contribution is -0.140. The summed E-state index contributed by atoms with van der Waals surface area (Å²) in [6.07, 6.45) is 4.42. The summed E-state index contributed by atoms with van der Waals surface area (Å²) in [5.41, 5.74) is 1.07. The number of rotatable bonds is 8. The molecule has 1 amide bonds. The van der Waals surface area contributed by atoms with Crippen molar-refractivity contribution in [3.05, 3.63) is 17.5 Å². The Kier molecular flexibility index (Phi) is 6.39. The van der Waals surface area contributed by atoms with E-state index in [1.54, 1.807) is 17.8 Å². The Bertz CT molecular complexity index is 496. The van der Waals surface area contributed by atoms with E-state index in [9.17, 15) is 14.7 Å². The third-order valence-corrected chi connectivity index (χ3v) is 3.70. The van der Waals surface area contributed by atoms with Crippen molar-refractivity contribution in [3.63, 3.8) is 0 Å². The highest BCUT2D eigenvalue weighted by atomic mass is 16.4. The number of amides is 1. The highest BCUT2D eigenvalue weighted by Gasteiger charge is 2.26. The van der Waals surface area contributed by atoms with Crippen molar-refractivity contribution in [1.82, 2.24) is 15.1 Å². The fourth-order valence-corrected chi connectivity index (χ4v) is 2.08. The Morgan fingerprint density at radius 1 is 1.43 bits per heavy atom. The number of nitrogens with zero attached hydrogens (tertiary/aromatic N) is 2. The number of carbonyl (C=O) groups excluding carboxylic acids is 1. The van der Waals surface area contributed by atoms with Crippen LogP contribution in [0.2, 0.25) is 0 Å². The quantitative estimate of drug-likeness (QED) is 0.770. The van der Waals surface area contributed by atoms with E-state index in [0.29, 0.717) is 17.7 Å². The van der Waals surface area contributed by atoms with Gasteiger partial charge in [-0.3, -0.25) is 9.48 Å². The van der Waals surface area contributed by atoms with Gasteiger partial charge in [-0.05, 0) is 19.3 Å². The molecule has 0 aliphatic heterocycles. The van der Waals surface area contributed by atoms with Crippen LogP contribution in [0.25, 0.3) is 0 Å². The minimum absolute atomic E-state index is 0.123. The molecule has 6 heteroatoms. The number of aromatic nitrogens is 2. The van der Waals surface area contributed by atoms with Gasteiger partial charge in [0.1, 0.15) is 6.04 Å². The number of carboxylic acids is 1. The van der Waals surface area contributed by atoms with Crippen molar-refractivity contribution < 1.29 is 14.7 Å². The minimum Gasteiger partial charge on any atom is -0.480 e. The van der Waals surface area contributed by atoms with Gasteiger partial charge in [0.15, 0.2) is 0 Å². The normalized spacial score (nSPS) is 13.7. The molecule has 0 saturated carbocycles. The van der Waals surface area contributed by atoms with E-state index in [4.69, 9.17) is 0 Å². The predicted molar refractivity (Wildman–Crippen MR) is 80.2 cm³/mol. The van der Waals surface area contributed by atoms with Crippen LogP contribution in [0, 0.1) is 12.8 Å². The van der Waals surface area contributed by atoms with Gasteiger partial charge in [0.25, 0.3) is 5.91 Å². The molecule has 0 bridgehead atoms. The Labute approximate surface area is 125 Å². The number of hydrogen-bond donors (Lipinski definition) is 2. The van der Waals surface area contributed by atoms with Crippen molar-refractivity contribution >= 4 is 11.9 Å². The number of hydrogen-bond acceptors (Lipinski definition) is 3. The third-order valence-electron chi connectivity index (χ3n) is 3.70. The molecular formula is C15H25N3O3. The molecule has 0 saturated heterocycles. The van der Waals surface area contributed by atoms with Crippen molar-refractivity contribution in [2.45, 2.75) is 59.5 Å². The fourth-order valence-electron chi connectivity index (χ4n) is 2.08. The molecule has 0 aliphatic carbocycles. The summed E-state index contributed by atoms with van der Waals surface area (Å²) < 4.78 is 1.74. The summed E-state index contributed by atoms with van der Waals surface area (Å²) in [4.78, 5) is 23.5. The molecule has 1 rings (SSSR count). The second-order valence-corrected chi connectivity index (χ2v) is 5.42. The molecule has 0 aromatic carbocycles. The van der Waals surface area contributed by atoms with Crippen molar-refractivity contribution in [3.8, 4) is 0 Å². The molecule has 6 nitrogen and oxygen atoms in total. The van der Waals surface area contributed by atoms with Crippen LogP contribution in [0.4, 0.5) is 0 Å². The average Bonchev–Trinajstić information content (AvgIpc) is 2.82. The Balaban J connectivity index is 2.82. The van der Waals surface area contributed by atoms with Crippen molar-refractivity contribution in [2.75, 3.05) is 0 Å². The van der Waals surface area contributed by atoms with Crippen LogP contribution < -0.4 is 5.32 Å². The molecule has 118 valence electrons. The van der Waals surface area contributed by atoms with E-state index in [1.807, 2.05) is 13.8 Å². The van der Waals surface area contributed by atoms with Gasteiger partial charge in [-0.25, -0.2) is 4.79 Å². The second kappa shape index (κ2) is 7.81. The molecule has 0 unspecified atom stereocenters. The molecule has 1 aromatic rings. The highest BCUT2D eigenvalue weighted by Crippen LogP contribution is 2.11. The predicted octanol–water partition coefficient (Wildman–Crippen LogP) is 2.22. The lowest BCUT2D eigenvalue weighted by Crippen LogP contribution is -2.45.